The third-order valence-electron chi connectivity index (χ3n) is 4.44. The van der Waals surface area contributed by atoms with Crippen molar-refractivity contribution in [1.82, 2.24) is 14.5 Å². The molecule has 5 heteroatoms. The quantitative estimate of drug-likeness (QED) is 0.871. The molecule has 2 aromatic rings. The fourth-order valence-electron chi connectivity index (χ4n) is 3.03. The molecule has 22 heavy (non-hydrogen) atoms. The summed E-state index contributed by atoms with van der Waals surface area (Å²) in [4.78, 5) is 19.2. The highest BCUT2D eigenvalue weighted by Crippen LogP contribution is 2.19. The number of fused-ring (bicyclic) bond motifs is 1. The van der Waals surface area contributed by atoms with Gasteiger partial charge in [-0.25, -0.2) is 4.98 Å². The Labute approximate surface area is 130 Å². The van der Waals surface area contributed by atoms with Crippen LogP contribution in [0.25, 0.3) is 11.0 Å². The van der Waals surface area contributed by atoms with Crippen LogP contribution in [-0.4, -0.2) is 40.6 Å². The molecule has 0 atom stereocenters. The molecule has 2 heterocycles. The van der Waals surface area contributed by atoms with Gasteiger partial charge in [-0.3, -0.25) is 4.79 Å². The van der Waals surface area contributed by atoms with Crippen LogP contribution in [0.2, 0.25) is 0 Å². The minimum atomic E-state index is 0.174. The van der Waals surface area contributed by atoms with E-state index in [1.54, 1.807) is 7.11 Å². The molecule has 1 amide bonds. The lowest BCUT2D eigenvalue weighted by atomic mass is 9.99. The average Bonchev–Trinajstić information content (AvgIpc) is 2.86. The molecule has 1 fully saturated rings. The zero-order chi connectivity index (χ0) is 15.5. The number of methoxy groups -OCH3 is 1. The predicted molar refractivity (Wildman–Crippen MR) is 85.4 cm³/mol. The summed E-state index contributed by atoms with van der Waals surface area (Å²) >= 11 is 0. The molecular formula is C17H23N3O2. The molecule has 0 bridgehead atoms. The van der Waals surface area contributed by atoms with Crippen molar-refractivity contribution in [3.8, 4) is 0 Å². The normalized spacial score (nSPS) is 16.4. The van der Waals surface area contributed by atoms with Crippen molar-refractivity contribution in [1.29, 1.82) is 0 Å². The van der Waals surface area contributed by atoms with Gasteiger partial charge in [0.25, 0.3) is 0 Å². The Hall–Kier alpha value is -1.88. The van der Waals surface area contributed by atoms with Crippen LogP contribution in [0.1, 0.15) is 25.6 Å². The van der Waals surface area contributed by atoms with Crippen molar-refractivity contribution >= 4 is 16.9 Å². The maximum Gasteiger partial charge on any atom is 0.242 e. The van der Waals surface area contributed by atoms with Gasteiger partial charge in [0.05, 0.1) is 11.0 Å². The molecule has 0 aliphatic carbocycles. The van der Waals surface area contributed by atoms with Gasteiger partial charge in [-0.05, 0) is 30.9 Å². The van der Waals surface area contributed by atoms with Crippen molar-refractivity contribution in [2.45, 2.75) is 32.9 Å². The number of hydrogen-bond donors (Lipinski definition) is 0. The Bertz CT molecular complexity index is 657. The summed E-state index contributed by atoms with van der Waals surface area (Å²) in [5.74, 6) is 1.71. The second-order valence-corrected chi connectivity index (χ2v) is 6.10. The highest BCUT2D eigenvalue weighted by atomic mass is 16.5. The Morgan fingerprint density at radius 1 is 1.32 bits per heavy atom. The maximum atomic E-state index is 12.6. The van der Waals surface area contributed by atoms with Gasteiger partial charge in [0.15, 0.2) is 0 Å². The lowest BCUT2D eigenvalue weighted by Gasteiger charge is -2.30. The molecule has 3 rings (SSSR count). The van der Waals surface area contributed by atoms with E-state index in [1.165, 1.54) is 0 Å². The Morgan fingerprint density at radius 2 is 2.05 bits per heavy atom. The molecule has 1 aromatic heterocycles. The summed E-state index contributed by atoms with van der Waals surface area (Å²) in [6, 6.07) is 7.92. The number of para-hydroxylation sites is 2. The Morgan fingerprint density at radius 3 is 2.77 bits per heavy atom. The summed E-state index contributed by atoms with van der Waals surface area (Å²) in [6.45, 7) is 4.74. The Kier molecular flexibility index (Phi) is 4.43. The molecule has 0 radical (unpaired) electrons. The molecule has 0 unspecified atom stereocenters. The number of amides is 1. The van der Waals surface area contributed by atoms with Gasteiger partial charge >= 0.3 is 0 Å². The molecule has 1 aromatic carbocycles. The number of carbonyl (C=O) groups is 1. The first-order chi connectivity index (χ1) is 10.7. The first-order valence-electron chi connectivity index (χ1n) is 7.90. The van der Waals surface area contributed by atoms with E-state index in [-0.39, 0.29) is 5.91 Å². The van der Waals surface area contributed by atoms with Crippen LogP contribution in [0.4, 0.5) is 0 Å². The summed E-state index contributed by atoms with van der Waals surface area (Å²) < 4.78 is 7.22. The van der Waals surface area contributed by atoms with Crippen LogP contribution in [0.5, 0.6) is 0 Å². The maximum absolute atomic E-state index is 12.6. The molecule has 5 nitrogen and oxygen atoms in total. The molecule has 1 aliphatic heterocycles. The van der Waals surface area contributed by atoms with Crippen molar-refractivity contribution in [2.24, 2.45) is 5.92 Å². The summed E-state index contributed by atoms with van der Waals surface area (Å²) in [6.07, 6.45) is 2.20. The topological polar surface area (TPSA) is 47.4 Å². The standard InChI is InChI=1S/C17H23N3O2/c1-13-7-9-19(10-8-13)17(21)11-20-15-6-4-3-5-14(15)18-16(20)12-22-2/h3-6,13H,7-12H2,1-2H3. The second kappa shape index (κ2) is 6.48. The van der Waals surface area contributed by atoms with Gasteiger partial charge < -0.3 is 14.2 Å². The lowest BCUT2D eigenvalue weighted by molar-refractivity contribution is -0.133. The number of benzene rings is 1. The van der Waals surface area contributed by atoms with E-state index >= 15 is 0 Å². The highest BCUT2D eigenvalue weighted by Gasteiger charge is 2.22. The number of ether oxygens (including phenoxy) is 1. The monoisotopic (exact) mass is 301 g/mol. The van der Waals surface area contributed by atoms with Gasteiger partial charge in [0.2, 0.25) is 5.91 Å². The summed E-state index contributed by atoms with van der Waals surface area (Å²) in [5.41, 5.74) is 1.91. The van der Waals surface area contributed by atoms with E-state index in [9.17, 15) is 4.79 Å². The van der Waals surface area contributed by atoms with Crippen LogP contribution in [0.3, 0.4) is 0 Å². The second-order valence-electron chi connectivity index (χ2n) is 6.10. The fourth-order valence-corrected chi connectivity index (χ4v) is 3.03. The van der Waals surface area contributed by atoms with Crippen LogP contribution in [0.15, 0.2) is 24.3 Å². The molecule has 118 valence electrons. The number of hydrogen-bond acceptors (Lipinski definition) is 3. The molecule has 1 aliphatic rings. The van der Waals surface area contributed by atoms with Crippen LogP contribution in [0, 0.1) is 5.92 Å². The fraction of sp³-hybridized carbons (Fsp3) is 0.529. The van der Waals surface area contributed by atoms with Crippen LogP contribution < -0.4 is 0 Å². The molecule has 0 N–H and O–H groups in total. The zero-order valence-corrected chi connectivity index (χ0v) is 13.3. The zero-order valence-electron chi connectivity index (χ0n) is 13.3. The number of aromatic nitrogens is 2. The van der Waals surface area contributed by atoms with Gasteiger partial charge in [-0.15, -0.1) is 0 Å². The van der Waals surface area contributed by atoms with Crippen molar-refractivity contribution < 1.29 is 9.53 Å². The number of nitrogens with zero attached hydrogens (tertiary/aromatic N) is 3. The van der Waals surface area contributed by atoms with Gasteiger partial charge in [-0.2, -0.15) is 0 Å². The minimum Gasteiger partial charge on any atom is -0.377 e. The Balaban J connectivity index is 1.83. The third-order valence-corrected chi connectivity index (χ3v) is 4.44. The number of imidazole rings is 1. The average molecular weight is 301 g/mol. The number of piperidine rings is 1. The largest absolute Gasteiger partial charge is 0.377 e. The summed E-state index contributed by atoms with van der Waals surface area (Å²) in [5, 5.41) is 0. The number of rotatable bonds is 4. The summed E-state index contributed by atoms with van der Waals surface area (Å²) in [7, 11) is 1.65. The molecule has 0 saturated carbocycles. The van der Waals surface area contributed by atoms with E-state index in [1.807, 2.05) is 33.7 Å². The molecular weight excluding hydrogens is 278 g/mol. The highest BCUT2D eigenvalue weighted by molar-refractivity contribution is 5.81. The van der Waals surface area contributed by atoms with Gasteiger partial charge in [0, 0.05) is 20.2 Å². The number of carbonyl (C=O) groups excluding carboxylic acids is 1. The first-order valence-corrected chi connectivity index (χ1v) is 7.90. The van der Waals surface area contributed by atoms with E-state index in [0.717, 1.165) is 48.7 Å². The van der Waals surface area contributed by atoms with Gasteiger partial charge in [0.1, 0.15) is 19.0 Å². The predicted octanol–water partition coefficient (Wildman–Crippen LogP) is 2.44. The van der Waals surface area contributed by atoms with E-state index < -0.39 is 0 Å². The van der Waals surface area contributed by atoms with E-state index in [2.05, 4.69) is 11.9 Å². The van der Waals surface area contributed by atoms with Crippen molar-refractivity contribution in [3.63, 3.8) is 0 Å². The van der Waals surface area contributed by atoms with Crippen LogP contribution >= 0.6 is 0 Å². The first kappa shape index (κ1) is 15.0. The van der Waals surface area contributed by atoms with E-state index in [4.69, 9.17) is 4.74 Å². The lowest BCUT2D eigenvalue weighted by Crippen LogP contribution is -2.39. The molecule has 1 saturated heterocycles. The van der Waals surface area contributed by atoms with Gasteiger partial charge in [-0.1, -0.05) is 19.1 Å². The smallest absolute Gasteiger partial charge is 0.242 e. The minimum absolute atomic E-state index is 0.174. The number of likely N-dealkylation sites (tertiary alicyclic amines) is 1. The molecule has 0 spiro atoms. The van der Waals surface area contributed by atoms with E-state index in [0.29, 0.717) is 13.2 Å². The third kappa shape index (κ3) is 2.99. The van der Waals surface area contributed by atoms with Crippen LogP contribution in [-0.2, 0) is 22.7 Å². The van der Waals surface area contributed by atoms with Crippen molar-refractivity contribution in [3.05, 3.63) is 30.1 Å². The SMILES string of the molecule is COCc1nc2ccccc2n1CC(=O)N1CCC(C)CC1. The van der Waals surface area contributed by atoms with Crippen molar-refractivity contribution in [2.75, 3.05) is 20.2 Å².